The number of fused-ring (bicyclic) bond motifs is 1. The molecule has 2 aliphatic rings. The first-order valence-corrected chi connectivity index (χ1v) is 15.8. The van der Waals surface area contributed by atoms with Crippen LogP contribution in [0, 0.1) is 17.3 Å². The predicted molar refractivity (Wildman–Crippen MR) is 153 cm³/mol. The average molecular weight is 568 g/mol. The van der Waals surface area contributed by atoms with Gasteiger partial charge in [0.25, 0.3) is 0 Å². The Hall–Kier alpha value is -1.26. The lowest BCUT2D eigenvalue weighted by Crippen LogP contribution is -2.45. The molecule has 2 N–H and O–H groups in total. The molecule has 0 unspecified atom stereocenters. The molecular formula is C29H45NO6S2. The van der Waals surface area contributed by atoms with E-state index in [-0.39, 0.29) is 29.8 Å². The first-order valence-electron chi connectivity index (χ1n) is 13.8. The van der Waals surface area contributed by atoms with Gasteiger partial charge in [0.15, 0.2) is 0 Å². The normalized spacial score (nSPS) is 35.4. The zero-order valence-corrected chi connectivity index (χ0v) is 25.5. The average Bonchev–Trinajstić information content (AvgIpc) is 3.27. The van der Waals surface area contributed by atoms with E-state index in [9.17, 15) is 19.8 Å². The molecule has 3 rings (SSSR count). The molecule has 214 valence electrons. The maximum absolute atomic E-state index is 13.3. The molecule has 0 radical (unpaired) electrons. The fourth-order valence-corrected chi connectivity index (χ4v) is 6.77. The van der Waals surface area contributed by atoms with Crippen LogP contribution in [0.4, 0.5) is 0 Å². The molecule has 2 fully saturated rings. The zero-order chi connectivity index (χ0) is 28.3. The lowest BCUT2D eigenvalue weighted by atomic mass is 9.73. The highest BCUT2D eigenvalue weighted by atomic mass is 32.2. The number of thiazole rings is 1. The van der Waals surface area contributed by atoms with Crippen LogP contribution in [0.2, 0.25) is 0 Å². The Kier molecular flexibility index (Phi) is 10.6. The fourth-order valence-electron chi connectivity index (χ4n) is 5.27. The van der Waals surface area contributed by atoms with Crippen molar-refractivity contribution in [2.45, 2.75) is 116 Å². The van der Waals surface area contributed by atoms with E-state index >= 15 is 0 Å². The van der Waals surface area contributed by atoms with Crippen molar-refractivity contribution in [3.05, 3.63) is 21.7 Å². The van der Waals surface area contributed by atoms with Gasteiger partial charge in [-0.2, -0.15) is 11.8 Å². The SMILES string of the molecule is CCSCc1nc(C=C(C)[C@H]2C[C@@H]3O[C@@]3(C)CCC[C@@H](C)[C@@H](O)[C@H](C)C(=O)C(C)(C)[C@H](O)CC(=O)O2)cs1. The summed E-state index contributed by atoms with van der Waals surface area (Å²) in [5, 5.41) is 24.9. The van der Waals surface area contributed by atoms with Gasteiger partial charge in [-0.25, -0.2) is 4.98 Å². The van der Waals surface area contributed by atoms with Crippen molar-refractivity contribution in [2.75, 3.05) is 5.75 Å². The van der Waals surface area contributed by atoms with Crippen molar-refractivity contribution in [3.8, 4) is 0 Å². The van der Waals surface area contributed by atoms with Crippen molar-refractivity contribution in [3.63, 3.8) is 0 Å². The highest BCUT2D eigenvalue weighted by Crippen LogP contribution is 2.45. The van der Waals surface area contributed by atoms with Crippen LogP contribution in [0.5, 0.6) is 0 Å². The van der Waals surface area contributed by atoms with Crippen molar-refractivity contribution in [2.24, 2.45) is 17.3 Å². The summed E-state index contributed by atoms with van der Waals surface area (Å²) in [6, 6.07) is 0. The monoisotopic (exact) mass is 567 g/mol. The molecule has 2 saturated heterocycles. The molecule has 0 aromatic carbocycles. The lowest BCUT2D eigenvalue weighted by Gasteiger charge is -2.34. The third-order valence-electron chi connectivity index (χ3n) is 8.29. The summed E-state index contributed by atoms with van der Waals surface area (Å²) in [5.74, 6) is 0.365. The molecule has 0 amide bonds. The van der Waals surface area contributed by atoms with E-state index in [2.05, 4.69) is 13.8 Å². The van der Waals surface area contributed by atoms with E-state index < -0.39 is 35.6 Å². The summed E-state index contributed by atoms with van der Waals surface area (Å²) < 4.78 is 12.0. The van der Waals surface area contributed by atoms with Gasteiger partial charge in [0.1, 0.15) is 16.9 Å². The number of epoxide rings is 1. The number of Topliss-reactive ketones (excluding diaryl/α,β-unsaturated/α-hetero) is 1. The van der Waals surface area contributed by atoms with Crippen LogP contribution in [-0.4, -0.2) is 62.7 Å². The second kappa shape index (κ2) is 12.9. The lowest BCUT2D eigenvalue weighted by molar-refractivity contribution is -0.154. The molecule has 0 saturated carbocycles. The number of esters is 1. The fraction of sp³-hybridized carbons (Fsp3) is 0.759. The summed E-state index contributed by atoms with van der Waals surface area (Å²) in [5.41, 5.74) is 0.200. The number of aliphatic hydroxyl groups is 2. The Morgan fingerprint density at radius 2 is 1.97 bits per heavy atom. The van der Waals surface area contributed by atoms with Crippen LogP contribution >= 0.6 is 23.1 Å². The van der Waals surface area contributed by atoms with Crippen molar-refractivity contribution in [1.29, 1.82) is 0 Å². The summed E-state index contributed by atoms with van der Waals surface area (Å²) >= 11 is 3.45. The number of ether oxygens (including phenoxy) is 2. The Bertz CT molecular complexity index is 1010. The summed E-state index contributed by atoms with van der Waals surface area (Å²) in [7, 11) is 0. The van der Waals surface area contributed by atoms with Crippen molar-refractivity contribution < 1.29 is 29.3 Å². The smallest absolute Gasteiger partial charge is 0.309 e. The van der Waals surface area contributed by atoms with Gasteiger partial charge in [-0.1, -0.05) is 41.0 Å². The highest BCUT2D eigenvalue weighted by molar-refractivity contribution is 7.98. The van der Waals surface area contributed by atoms with Gasteiger partial charge in [-0.3, -0.25) is 9.59 Å². The van der Waals surface area contributed by atoms with E-state index in [1.807, 2.05) is 37.1 Å². The summed E-state index contributed by atoms with van der Waals surface area (Å²) in [6.07, 6.45) is 2.00. The van der Waals surface area contributed by atoms with Gasteiger partial charge < -0.3 is 19.7 Å². The maximum Gasteiger partial charge on any atom is 0.309 e. The summed E-state index contributed by atoms with van der Waals surface area (Å²) in [6.45, 7) is 13.1. The number of carbonyl (C=O) groups excluding carboxylic acids is 2. The number of cyclic esters (lactones) is 1. The second-order valence-electron chi connectivity index (χ2n) is 11.8. The van der Waals surface area contributed by atoms with E-state index in [0.29, 0.717) is 6.42 Å². The number of ketones is 1. The number of aromatic nitrogens is 1. The number of hydrogen-bond donors (Lipinski definition) is 2. The minimum atomic E-state index is -1.23. The predicted octanol–water partition coefficient (Wildman–Crippen LogP) is 5.42. The number of aliphatic hydroxyl groups excluding tert-OH is 2. The van der Waals surface area contributed by atoms with Gasteiger partial charge in [0.2, 0.25) is 0 Å². The molecule has 0 spiro atoms. The Labute approximate surface area is 235 Å². The first kappa shape index (κ1) is 31.3. The number of hydrogen-bond acceptors (Lipinski definition) is 9. The van der Waals surface area contributed by atoms with Crippen LogP contribution in [0.1, 0.15) is 91.3 Å². The van der Waals surface area contributed by atoms with Crippen LogP contribution in [-0.2, 0) is 24.8 Å². The maximum atomic E-state index is 13.3. The summed E-state index contributed by atoms with van der Waals surface area (Å²) in [4.78, 5) is 31.0. The van der Waals surface area contributed by atoms with Crippen LogP contribution in [0.15, 0.2) is 11.0 Å². The van der Waals surface area contributed by atoms with Gasteiger partial charge in [-0.05, 0) is 50.0 Å². The number of carbonyl (C=O) groups is 2. The van der Waals surface area contributed by atoms with Crippen LogP contribution in [0.3, 0.4) is 0 Å². The molecule has 9 heteroatoms. The molecular weight excluding hydrogens is 522 g/mol. The number of nitrogens with zero attached hydrogens (tertiary/aromatic N) is 1. The first-order chi connectivity index (χ1) is 17.8. The zero-order valence-electron chi connectivity index (χ0n) is 23.9. The number of rotatable bonds is 5. The van der Waals surface area contributed by atoms with E-state index in [4.69, 9.17) is 14.5 Å². The molecule has 7 nitrogen and oxygen atoms in total. The second-order valence-corrected chi connectivity index (χ2v) is 14.0. The minimum Gasteiger partial charge on any atom is -0.458 e. The molecule has 0 bridgehead atoms. The van der Waals surface area contributed by atoms with E-state index in [1.165, 1.54) is 0 Å². The van der Waals surface area contributed by atoms with Crippen molar-refractivity contribution in [1.82, 2.24) is 4.98 Å². The van der Waals surface area contributed by atoms with Gasteiger partial charge in [-0.15, -0.1) is 11.3 Å². The van der Waals surface area contributed by atoms with Crippen molar-refractivity contribution >= 4 is 40.9 Å². The molecule has 0 aliphatic carbocycles. The van der Waals surface area contributed by atoms with Gasteiger partial charge in [0, 0.05) is 23.5 Å². The Morgan fingerprint density at radius 3 is 2.66 bits per heavy atom. The third kappa shape index (κ3) is 7.68. The molecule has 1 aromatic heterocycles. The van der Waals surface area contributed by atoms with Crippen LogP contribution in [0.25, 0.3) is 6.08 Å². The molecule has 3 heterocycles. The molecule has 1 aromatic rings. The van der Waals surface area contributed by atoms with Crippen LogP contribution < -0.4 is 0 Å². The molecule has 38 heavy (non-hydrogen) atoms. The topological polar surface area (TPSA) is 109 Å². The van der Waals surface area contributed by atoms with E-state index in [1.54, 1.807) is 32.1 Å². The largest absolute Gasteiger partial charge is 0.458 e. The quantitative estimate of drug-likeness (QED) is 0.359. The van der Waals surface area contributed by atoms with E-state index in [0.717, 1.165) is 47.0 Å². The Balaban J connectivity index is 1.83. The Morgan fingerprint density at radius 1 is 1.26 bits per heavy atom. The number of thioether (sulfide) groups is 1. The van der Waals surface area contributed by atoms with Gasteiger partial charge in [0.05, 0.1) is 41.4 Å². The highest BCUT2D eigenvalue weighted by Gasteiger charge is 2.53. The molecule has 2 aliphatic heterocycles. The molecule has 7 atom stereocenters. The third-order valence-corrected chi connectivity index (χ3v) is 10.2. The van der Waals surface area contributed by atoms with Gasteiger partial charge >= 0.3 is 5.97 Å². The minimum absolute atomic E-state index is 0.0504. The standard InChI is InChI=1S/C29H45NO6S2/c1-8-37-16-24-30-20(15-38-24)12-18(3)21-13-23-29(7,36-23)11-9-10-17(2)26(33)19(4)27(34)28(5,6)22(31)14-25(32)35-21/h12,15,17,19,21-23,26,31,33H,8-11,13-14,16H2,1-7H3/t17-,19+,21-,22-,23+,26-,29+/m1/s1.